The van der Waals surface area contributed by atoms with Gasteiger partial charge in [0.15, 0.2) is 0 Å². The van der Waals surface area contributed by atoms with Crippen LogP contribution in [0.25, 0.3) is 0 Å². The van der Waals surface area contributed by atoms with E-state index in [0.29, 0.717) is 18.0 Å². The Morgan fingerprint density at radius 3 is 2.80 bits per heavy atom. The first-order chi connectivity index (χ1) is 12.1. The molecule has 6 heteroatoms. The van der Waals surface area contributed by atoms with Crippen molar-refractivity contribution in [1.82, 2.24) is 10.2 Å². The van der Waals surface area contributed by atoms with Gasteiger partial charge < -0.3 is 5.32 Å². The second-order valence-corrected chi connectivity index (χ2v) is 9.93. The van der Waals surface area contributed by atoms with Crippen molar-refractivity contribution >= 4 is 46.1 Å². The summed E-state index contributed by atoms with van der Waals surface area (Å²) in [6.07, 6.45) is 9.47. The maximum atomic E-state index is 12.7. The lowest BCUT2D eigenvalue weighted by Gasteiger charge is -2.49. The number of rotatable bonds is 4. The second-order valence-electron chi connectivity index (χ2n) is 6.94. The number of nitrogens with one attached hydrogen (secondary N) is 1. The Morgan fingerprint density at radius 1 is 1.32 bits per heavy atom. The van der Waals surface area contributed by atoms with Crippen LogP contribution >= 0.6 is 35.3 Å². The van der Waals surface area contributed by atoms with Gasteiger partial charge in [-0.15, -0.1) is 11.3 Å². The molecule has 0 unspecified atom stereocenters. The summed E-state index contributed by atoms with van der Waals surface area (Å²) in [6.45, 7) is 4.62. The molecule has 2 atom stereocenters. The number of thiophene rings is 1. The first kappa shape index (κ1) is 17.5. The molecule has 132 valence electrons. The summed E-state index contributed by atoms with van der Waals surface area (Å²) in [6, 6.07) is 4.74. The number of piperidine rings is 3. The van der Waals surface area contributed by atoms with E-state index in [1.807, 2.05) is 18.2 Å². The van der Waals surface area contributed by atoms with E-state index in [4.69, 9.17) is 12.2 Å². The molecule has 1 aliphatic carbocycles. The number of thiocarbonyl (C=S) groups is 1. The quantitative estimate of drug-likeness (QED) is 0.779. The number of thioether (sulfide) groups is 1. The van der Waals surface area contributed by atoms with Crippen LogP contribution in [0.1, 0.15) is 35.9 Å². The van der Waals surface area contributed by atoms with Crippen molar-refractivity contribution in [3.05, 3.63) is 40.1 Å². The third kappa shape index (κ3) is 3.77. The summed E-state index contributed by atoms with van der Waals surface area (Å²) in [5.74, 6) is 0.718. The molecule has 2 bridgehead atoms. The number of nitrogens with zero attached hydrogens (tertiary/aromatic N) is 1. The molecule has 1 N–H and O–H groups in total. The van der Waals surface area contributed by atoms with Crippen LogP contribution in [0, 0.1) is 5.92 Å². The molecule has 5 rings (SSSR count). The highest BCUT2D eigenvalue weighted by Crippen LogP contribution is 2.36. The molecule has 0 radical (unpaired) electrons. The standard InChI is InChI=1S/C19H22N2OS3/c1-12-18(13-8-10-21(12)11-9-13)20-19(22)16-6-7-17(25-16)24-15-4-2-14(23)3-5-15/h2,4-7,12-13,18H,3,8-11H2,1H3,(H,20,22)/t12-,18-/m0/s1. The van der Waals surface area contributed by atoms with E-state index in [1.165, 1.54) is 30.8 Å². The summed E-state index contributed by atoms with van der Waals surface area (Å²) in [5.41, 5.74) is 0. The van der Waals surface area contributed by atoms with Crippen molar-refractivity contribution in [2.75, 3.05) is 13.1 Å². The van der Waals surface area contributed by atoms with Crippen molar-refractivity contribution in [1.29, 1.82) is 0 Å². The third-order valence-electron chi connectivity index (χ3n) is 5.44. The first-order valence-electron chi connectivity index (χ1n) is 8.84. The number of fused-ring (bicyclic) bond motifs is 3. The van der Waals surface area contributed by atoms with Gasteiger partial charge in [-0.05, 0) is 63.1 Å². The second kappa shape index (κ2) is 7.35. The molecule has 1 amide bonds. The number of hydrogen-bond donors (Lipinski definition) is 1. The summed E-state index contributed by atoms with van der Waals surface area (Å²) >= 11 is 8.46. The normalized spacial score (nSPS) is 31.1. The Hall–Kier alpha value is -0.950. The number of carbonyl (C=O) groups excluding carboxylic acids is 1. The minimum Gasteiger partial charge on any atom is -0.347 e. The Bertz CT molecular complexity index is 742. The van der Waals surface area contributed by atoms with Gasteiger partial charge in [0.25, 0.3) is 5.91 Å². The van der Waals surface area contributed by atoms with E-state index in [1.54, 1.807) is 23.1 Å². The Morgan fingerprint density at radius 2 is 2.12 bits per heavy atom. The molecule has 4 heterocycles. The van der Waals surface area contributed by atoms with Crippen LogP contribution in [0.5, 0.6) is 0 Å². The van der Waals surface area contributed by atoms with Crippen molar-refractivity contribution < 1.29 is 4.79 Å². The predicted octanol–water partition coefficient (Wildman–Crippen LogP) is 4.27. The van der Waals surface area contributed by atoms with Gasteiger partial charge in [0.1, 0.15) is 0 Å². The van der Waals surface area contributed by atoms with Crippen molar-refractivity contribution in [2.24, 2.45) is 5.92 Å². The highest BCUT2D eigenvalue weighted by atomic mass is 32.2. The van der Waals surface area contributed by atoms with Crippen molar-refractivity contribution in [3.63, 3.8) is 0 Å². The zero-order chi connectivity index (χ0) is 17.4. The minimum atomic E-state index is 0.0804. The van der Waals surface area contributed by atoms with Crippen LogP contribution in [0.3, 0.4) is 0 Å². The number of amides is 1. The maximum absolute atomic E-state index is 12.7. The van der Waals surface area contributed by atoms with Crippen LogP contribution in [-0.4, -0.2) is 40.8 Å². The third-order valence-corrected chi connectivity index (χ3v) is 7.99. The highest BCUT2D eigenvalue weighted by Gasteiger charge is 2.40. The molecule has 3 saturated heterocycles. The van der Waals surface area contributed by atoms with Crippen LogP contribution in [0.15, 0.2) is 39.5 Å². The van der Waals surface area contributed by atoms with Crippen molar-refractivity contribution in [3.8, 4) is 0 Å². The molecular formula is C19H22N2OS3. The molecule has 4 aliphatic rings. The fourth-order valence-corrected chi connectivity index (χ4v) is 6.16. The molecule has 0 aromatic carbocycles. The van der Waals surface area contributed by atoms with Gasteiger partial charge in [-0.1, -0.05) is 30.1 Å². The molecule has 1 aromatic heterocycles. The Kier molecular flexibility index (Phi) is 5.13. The monoisotopic (exact) mass is 390 g/mol. The van der Waals surface area contributed by atoms with E-state index in [0.717, 1.165) is 20.4 Å². The number of allylic oxidation sites excluding steroid dienone is 3. The SMILES string of the molecule is C[C@H]1[C@H](NC(=O)c2ccc(SC3=CCC(=S)C=C3)s2)C2CCN1CC2. The smallest absolute Gasteiger partial charge is 0.261 e. The zero-order valence-corrected chi connectivity index (χ0v) is 16.7. The summed E-state index contributed by atoms with van der Waals surface area (Å²) < 4.78 is 1.15. The highest BCUT2D eigenvalue weighted by molar-refractivity contribution is 8.05. The van der Waals surface area contributed by atoms with Gasteiger partial charge >= 0.3 is 0 Å². The van der Waals surface area contributed by atoms with Gasteiger partial charge in [0, 0.05) is 28.3 Å². The topological polar surface area (TPSA) is 32.3 Å². The molecule has 0 spiro atoms. The first-order valence-corrected chi connectivity index (χ1v) is 10.9. The average molecular weight is 391 g/mol. The van der Waals surface area contributed by atoms with E-state index in [2.05, 4.69) is 29.3 Å². The number of carbonyl (C=O) groups is 1. The van der Waals surface area contributed by atoms with Crippen molar-refractivity contribution in [2.45, 2.75) is 42.5 Å². The van der Waals surface area contributed by atoms with Crippen LogP contribution in [0.4, 0.5) is 0 Å². The molecule has 3 aliphatic heterocycles. The lowest BCUT2D eigenvalue weighted by molar-refractivity contribution is 0.0218. The molecular weight excluding hydrogens is 368 g/mol. The fraction of sp³-hybridized carbons (Fsp3) is 0.474. The van der Waals surface area contributed by atoms with Crippen LogP contribution < -0.4 is 5.32 Å². The summed E-state index contributed by atoms with van der Waals surface area (Å²) in [7, 11) is 0. The molecule has 1 aromatic rings. The predicted molar refractivity (Wildman–Crippen MR) is 110 cm³/mol. The lowest BCUT2D eigenvalue weighted by atomic mass is 9.79. The molecule has 3 fully saturated rings. The van der Waals surface area contributed by atoms with E-state index in [9.17, 15) is 4.79 Å². The fourth-order valence-electron chi connectivity index (χ4n) is 3.97. The van der Waals surface area contributed by atoms with Crippen LogP contribution in [0.2, 0.25) is 0 Å². The molecule has 3 nitrogen and oxygen atoms in total. The maximum Gasteiger partial charge on any atom is 0.261 e. The Balaban J connectivity index is 1.39. The number of hydrogen-bond acceptors (Lipinski definition) is 5. The van der Waals surface area contributed by atoms with Gasteiger partial charge in [-0.2, -0.15) is 0 Å². The van der Waals surface area contributed by atoms with Crippen LogP contribution in [-0.2, 0) is 0 Å². The van der Waals surface area contributed by atoms with Gasteiger partial charge in [-0.3, -0.25) is 9.69 Å². The van der Waals surface area contributed by atoms with Gasteiger partial charge in [-0.25, -0.2) is 0 Å². The molecule has 0 saturated carbocycles. The molecule has 25 heavy (non-hydrogen) atoms. The van der Waals surface area contributed by atoms with Gasteiger partial charge in [0.05, 0.1) is 9.09 Å². The lowest BCUT2D eigenvalue weighted by Crippen LogP contribution is -2.62. The Labute approximate surface area is 162 Å². The van der Waals surface area contributed by atoms with E-state index < -0.39 is 0 Å². The summed E-state index contributed by atoms with van der Waals surface area (Å²) in [4.78, 5) is 18.2. The largest absolute Gasteiger partial charge is 0.347 e. The van der Waals surface area contributed by atoms with E-state index in [-0.39, 0.29) is 5.91 Å². The minimum absolute atomic E-state index is 0.0804. The van der Waals surface area contributed by atoms with E-state index >= 15 is 0 Å². The average Bonchev–Trinajstić information content (AvgIpc) is 3.09. The zero-order valence-electron chi connectivity index (χ0n) is 14.2. The summed E-state index contributed by atoms with van der Waals surface area (Å²) in [5, 5.41) is 3.31. The van der Waals surface area contributed by atoms with Gasteiger partial charge in [0.2, 0.25) is 0 Å².